The van der Waals surface area contributed by atoms with Crippen molar-refractivity contribution in [2.75, 3.05) is 5.32 Å². The van der Waals surface area contributed by atoms with Crippen LogP contribution in [0.1, 0.15) is 38.5 Å². The molecule has 0 spiro atoms. The van der Waals surface area contributed by atoms with E-state index in [4.69, 9.17) is 11.6 Å². The van der Waals surface area contributed by atoms with Crippen molar-refractivity contribution in [3.63, 3.8) is 0 Å². The quantitative estimate of drug-likeness (QED) is 0.427. The van der Waals surface area contributed by atoms with Gasteiger partial charge in [0, 0.05) is 0 Å². The van der Waals surface area contributed by atoms with Crippen molar-refractivity contribution < 1.29 is 26.7 Å². The van der Waals surface area contributed by atoms with E-state index < -0.39 is 51.6 Å². The van der Waals surface area contributed by atoms with Crippen LogP contribution in [0.3, 0.4) is 0 Å². The van der Waals surface area contributed by atoms with Gasteiger partial charge in [-0.3, -0.25) is 4.79 Å². The molecule has 4 aliphatic rings. The fourth-order valence-electron chi connectivity index (χ4n) is 6.18. The van der Waals surface area contributed by atoms with E-state index in [0.717, 1.165) is 19.3 Å². The molecule has 4 aliphatic carbocycles. The number of nitrogens with zero attached hydrogens (tertiary/aromatic N) is 3. The number of hydrogen-bond acceptors (Lipinski definition) is 3. The van der Waals surface area contributed by atoms with Crippen molar-refractivity contribution in [3.8, 4) is 0 Å². The smallest absolute Gasteiger partial charge is 0.242 e. The Hall–Kier alpha value is -2.23. The molecule has 1 aromatic heterocycles. The lowest BCUT2D eigenvalue weighted by Gasteiger charge is -2.60. The SMILES string of the molecule is O=C(Nc1c(F)c(F)c(F)c(F)c1F)C12C[C@H]3C[C@H](C1)CC(n1cnc(Cl)n1)(C3)C2. The molecule has 4 bridgehead atoms. The van der Waals surface area contributed by atoms with Crippen molar-refractivity contribution in [3.05, 3.63) is 40.7 Å². The van der Waals surface area contributed by atoms with Crippen LogP contribution in [0.15, 0.2) is 6.33 Å². The summed E-state index contributed by atoms with van der Waals surface area (Å²) >= 11 is 5.88. The van der Waals surface area contributed by atoms with E-state index in [-0.39, 0.29) is 17.1 Å². The number of aromatic nitrogens is 3. The zero-order valence-electron chi connectivity index (χ0n) is 15.5. The Kier molecular flexibility index (Phi) is 4.20. The lowest BCUT2D eigenvalue weighted by molar-refractivity contribution is -0.150. The van der Waals surface area contributed by atoms with Gasteiger partial charge in [-0.25, -0.2) is 31.6 Å². The zero-order valence-corrected chi connectivity index (χ0v) is 16.2. The third-order valence-electron chi connectivity index (χ3n) is 6.91. The van der Waals surface area contributed by atoms with Gasteiger partial charge in [0.05, 0.1) is 11.0 Å². The molecule has 11 heteroatoms. The van der Waals surface area contributed by atoms with Crippen molar-refractivity contribution in [1.82, 2.24) is 14.8 Å². The number of nitrogens with one attached hydrogen (secondary N) is 1. The lowest BCUT2D eigenvalue weighted by atomic mass is 9.46. The second-order valence-electron chi connectivity index (χ2n) is 8.82. The first kappa shape index (κ1) is 19.7. The Labute approximate surface area is 172 Å². The maximum atomic E-state index is 14.1. The fourth-order valence-corrected chi connectivity index (χ4v) is 6.31. The normalized spacial score (nSPS) is 31.9. The molecule has 6 rings (SSSR count). The van der Waals surface area contributed by atoms with Gasteiger partial charge in [0.1, 0.15) is 12.0 Å². The van der Waals surface area contributed by atoms with Crippen LogP contribution in [-0.4, -0.2) is 20.7 Å². The van der Waals surface area contributed by atoms with Crippen LogP contribution < -0.4 is 5.32 Å². The largest absolute Gasteiger partial charge is 0.321 e. The summed E-state index contributed by atoms with van der Waals surface area (Å²) in [6.45, 7) is 0. The van der Waals surface area contributed by atoms with Gasteiger partial charge < -0.3 is 5.32 Å². The third kappa shape index (κ3) is 2.68. The second-order valence-corrected chi connectivity index (χ2v) is 9.16. The van der Waals surface area contributed by atoms with Crippen LogP contribution in [-0.2, 0) is 10.3 Å². The minimum absolute atomic E-state index is 0.0747. The average Bonchev–Trinajstić information content (AvgIpc) is 3.14. The molecule has 5 nitrogen and oxygen atoms in total. The highest BCUT2D eigenvalue weighted by Crippen LogP contribution is 2.64. The van der Waals surface area contributed by atoms with Crippen molar-refractivity contribution in [1.29, 1.82) is 0 Å². The molecular weight excluding hydrogens is 431 g/mol. The molecule has 2 atom stereocenters. The summed E-state index contributed by atoms with van der Waals surface area (Å²) in [6.07, 6.45) is 5.24. The Morgan fingerprint density at radius 3 is 2.10 bits per heavy atom. The van der Waals surface area contributed by atoms with Gasteiger partial charge in [-0.2, -0.15) is 0 Å². The van der Waals surface area contributed by atoms with Crippen LogP contribution >= 0.6 is 11.6 Å². The highest BCUT2D eigenvalue weighted by atomic mass is 35.5. The van der Waals surface area contributed by atoms with Crippen LogP contribution in [0.5, 0.6) is 0 Å². The molecule has 0 aliphatic heterocycles. The zero-order chi connectivity index (χ0) is 21.4. The van der Waals surface area contributed by atoms with Crippen molar-refractivity contribution in [2.45, 2.75) is 44.1 Å². The van der Waals surface area contributed by atoms with Crippen LogP contribution in [0, 0.1) is 46.3 Å². The first-order valence-electron chi connectivity index (χ1n) is 9.55. The number of anilines is 1. The van der Waals surface area contributed by atoms with Gasteiger partial charge in [0.25, 0.3) is 0 Å². The lowest BCUT2D eigenvalue weighted by Crippen LogP contribution is -2.60. The average molecular weight is 447 g/mol. The molecule has 2 aromatic rings. The highest BCUT2D eigenvalue weighted by Gasteiger charge is 2.62. The summed E-state index contributed by atoms with van der Waals surface area (Å²) in [5.41, 5.74) is -2.83. The van der Waals surface area contributed by atoms with Crippen molar-refractivity contribution in [2.24, 2.45) is 17.3 Å². The predicted octanol–water partition coefficient (Wildman–Crippen LogP) is 4.56. The molecule has 1 N–H and O–H groups in total. The van der Waals surface area contributed by atoms with Gasteiger partial charge in [0.15, 0.2) is 23.3 Å². The minimum atomic E-state index is -2.26. The number of carbonyl (C=O) groups is 1. The number of halogens is 6. The molecular formula is C19H16ClF5N4O. The van der Waals surface area contributed by atoms with Crippen LogP contribution in [0.4, 0.5) is 27.6 Å². The number of carbonyl (C=O) groups excluding carboxylic acids is 1. The number of amides is 1. The summed E-state index contributed by atoms with van der Waals surface area (Å²) in [5, 5.41) is 6.30. The van der Waals surface area contributed by atoms with E-state index in [1.807, 2.05) is 5.32 Å². The van der Waals surface area contributed by atoms with E-state index in [9.17, 15) is 26.7 Å². The predicted molar refractivity (Wildman–Crippen MR) is 95.0 cm³/mol. The molecule has 0 unspecified atom stereocenters. The second kappa shape index (κ2) is 6.38. The summed E-state index contributed by atoms with van der Waals surface area (Å²) in [6, 6.07) is 0. The van der Waals surface area contributed by atoms with Crippen LogP contribution in [0.25, 0.3) is 0 Å². The van der Waals surface area contributed by atoms with Crippen molar-refractivity contribution >= 4 is 23.2 Å². The number of rotatable bonds is 3. The molecule has 160 valence electrons. The summed E-state index contributed by atoms with van der Waals surface area (Å²) in [4.78, 5) is 17.2. The standard InChI is InChI=1S/C19H16ClF5N4O/c20-17-26-7-29(28-17)19-4-8-1-9(5-19)3-18(2-8,6-19)16(30)27-15-13(24)11(22)10(21)12(23)14(15)25/h7-9H,1-6H2,(H,27,30)/t8-,9-,18?,19?/m1/s1. The Balaban J connectivity index is 1.51. The van der Waals surface area contributed by atoms with Gasteiger partial charge in [0.2, 0.25) is 17.0 Å². The molecule has 4 fully saturated rings. The Morgan fingerprint density at radius 2 is 1.57 bits per heavy atom. The van der Waals surface area contributed by atoms with E-state index in [2.05, 4.69) is 10.1 Å². The molecule has 1 aromatic carbocycles. The van der Waals surface area contributed by atoms with Gasteiger partial charge >= 0.3 is 0 Å². The maximum Gasteiger partial charge on any atom is 0.242 e. The molecule has 0 radical (unpaired) electrons. The topological polar surface area (TPSA) is 59.8 Å². The summed E-state index contributed by atoms with van der Waals surface area (Å²) < 4.78 is 70.3. The third-order valence-corrected chi connectivity index (χ3v) is 7.08. The Morgan fingerprint density at radius 1 is 1.00 bits per heavy atom. The van der Waals surface area contributed by atoms with Gasteiger partial charge in [-0.05, 0) is 62.0 Å². The monoisotopic (exact) mass is 446 g/mol. The van der Waals surface area contributed by atoms with Crippen LogP contribution in [0.2, 0.25) is 5.28 Å². The Bertz CT molecular complexity index is 1030. The summed E-state index contributed by atoms with van der Waals surface area (Å²) in [5.74, 6) is -10.9. The van der Waals surface area contributed by atoms with E-state index >= 15 is 0 Å². The molecule has 1 heterocycles. The number of benzene rings is 1. The maximum absolute atomic E-state index is 14.1. The molecule has 1 amide bonds. The highest BCUT2D eigenvalue weighted by molar-refractivity contribution is 6.28. The summed E-state index contributed by atoms with van der Waals surface area (Å²) in [7, 11) is 0. The van der Waals surface area contributed by atoms with Gasteiger partial charge in [-0.15, -0.1) is 5.10 Å². The fraction of sp³-hybridized carbons (Fsp3) is 0.526. The first-order valence-corrected chi connectivity index (χ1v) is 9.92. The molecule has 30 heavy (non-hydrogen) atoms. The van der Waals surface area contributed by atoms with E-state index in [1.165, 1.54) is 6.33 Å². The van der Waals surface area contributed by atoms with Gasteiger partial charge in [-0.1, -0.05) is 0 Å². The molecule has 4 saturated carbocycles. The first-order chi connectivity index (χ1) is 14.1. The van der Waals surface area contributed by atoms with E-state index in [1.54, 1.807) is 4.68 Å². The van der Waals surface area contributed by atoms with E-state index in [0.29, 0.717) is 19.3 Å². The molecule has 0 saturated heterocycles. The number of hydrogen-bond donors (Lipinski definition) is 1. The minimum Gasteiger partial charge on any atom is -0.321 e.